The van der Waals surface area contributed by atoms with Gasteiger partial charge in [0.15, 0.2) is 0 Å². The Kier molecular flexibility index (Phi) is 8.01. The first-order valence-electron chi connectivity index (χ1n) is 14.0. The molecule has 212 valence electrons. The molecule has 40 heavy (non-hydrogen) atoms. The Morgan fingerprint density at radius 1 is 1.02 bits per heavy atom. The summed E-state index contributed by atoms with van der Waals surface area (Å²) in [6.45, 7) is 6.17. The maximum absolute atomic E-state index is 12.4. The summed E-state index contributed by atoms with van der Waals surface area (Å²) in [5.41, 5.74) is 7.47. The number of fused-ring (bicyclic) bond motifs is 2. The van der Waals surface area contributed by atoms with Gasteiger partial charge in [-0.3, -0.25) is 9.58 Å². The van der Waals surface area contributed by atoms with Gasteiger partial charge in [0.1, 0.15) is 0 Å². The van der Waals surface area contributed by atoms with E-state index in [2.05, 4.69) is 44.9 Å². The van der Waals surface area contributed by atoms with Crippen molar-refractivity contribution in [2.75, 3.05) is 45.6 Å². The van der Waals surface area contributed by atoms with E-state index in [-0.39, 0.29) is 0 Å². The quantitative estimate of drug-likeness (QED) is 0.314. The van der Waals surface area contributed by atoms with Gasteiger partial charge in [-0.25, -0.2) is 8.42 Å². The van der Waals surface area contributed by atoms with E-state index >= 15 is 0 Å². The molecule has 0 unspecified atom stereocenters. The number of morpholine rings is 1. The first-order valence-corrected chi connectivity index (χ1v) is 16.3. The lowest BCUT2D eigenvalue weighted by Gasteiger charge is -2.27. The molecule has 1 saturated heterocycles. The van der Waals surface area contributed by atoms with Gasteiger partial charge in [-0.15, -0.1) is 0 Å². The lowest BCUT2D eigenvalue weighted by atomic mass is 9.98. The van der Waals surface area contributed by atoms with Crippen molar-refractivity contribution in [1.82, 2.24) is 24.0 Å². The predicted octanol–water partition coefficient (Wildman–Crippen LogP) is 4.51. The number of aromatic amines is 1. The zero-order valence-electron chi connectivity index (χ0n) is 22.9. The molecule has 2 aliphatic rings. The van der Waals surface area contributed by atoms with Crippen LogP contribution >= 0.6 is 11.6 Å². The number of halogens is 1. The Hall–Kier alpha value is -2.69. The number of ether oxygens (including phenoxy) is 1. The lowest BCUT2D eigenvalue weighted by Crippen LogP contribution is -2.37. The minimum atomic E-state index is -3.30. The van der Waals surface area contributed by atoms with E-state index < -0.39 is 10.0 Å². The fourth-order valence-corrected chi connectivity index (χ4v) is 6.88. The molecule has 1 N–H and O–H groups in total. The van der Waals surface area contributed by atoms with Crippen LogP contribution in [0.1, 0.15) is 28.8 Å². The third-order valence-corrected chi connectivity index (χ3v) is 9.75. The van der Waals surface area contributed by atoms with Gasteiger partial charge in [0.2, 0.25) is 10.0 Å². The van der Waals surface area contributed by atoms with E-state index in [9.17, 15) is 8.42 Å². The number of benzene rings is 2. The molecule has 4 aromatic rings. The van der Waals surface area contributed by atoms with Gasteiger partial charge < -0.3 is 9.72 Å². The fourth-order valence-electron chi connectivity index (χ4n) is 5.89. The number of nitrogens with one attached hydrogen (secondary N) is 1. The van der Waals surface area contributed by atoms with Crippen LogP contribution in [0.25, 0.3) is 22.2 Å². The number of sulfonamides is 1. The van der Waals surface area contributed by atoms with Crippen LogP contribution in [-0.4, -0.2) is 78.0 Å². The molecule has 2 aromatic heterocycles. The van der Waals surface area contributed by atoms with Crippen LogP contribution in [0.3, 0.4) is 0 Å². The average Bonchev–Trinajstić information content (AvgIpc) is 3.57. The van der Waals surface area contributed by atoms with Crippen LogP contribution in [-0.2, 0) is 47.1 Å². The van der Waals surface area contributed by atoms with Crippen LogP contribution in [0.15, 0.2) is 48.7 Å². The summed E-state index contributed by atoms with van der Waals surface area (Å²) >= 11 is 6.67. The van der Waals surface area contributed by atoms with Crippen molar-refractivity contribution in [1.29, 1.82) is 0 Å². The van der Waals surface area contributed by atoms with Crippen LogP contribution in [0.4, 0.5) is 0 Å². The molecular weight excluding hydrogens is 546 g/mol. The zero-order chi connectivity index (χ0) is 27.7. The van der Waals surface area contributed by atoms with Crippen LogP contribution in [0.5, 0.6) is 0 Å². The first kappa shape index (κ1) is 27.5. The summed E-state index contributed by atoms with van der Waals surface area (Å²) in [4.78, 5) is 5.68. The van der Waals surface area contributed by atoms with Gasteiger partial charge in [-0.1, -0.05) is 23.7 Å². The number of aromatic nitrogens is 3. The van der Waals surface area contributed by atoms with Gasteiger partial charge in [0.25, 0.3) is 0 Å². The van der Waals surface area contributed by atoms with Crippen molar-refractivity contribution in [3.63, 3.8) is 0 Å². The van der Waals surface area contributed by atoms with E-state index in [1.54, 1.807) is 4.31 Å². The summed E-state index contributed by atoms with van der Waals surface area (Å²) in [5, 5.41) is 7.03. The van der Waals surface area contributed by atoms with Gasteiger partial charge in [-0.05, 0) is 66.1 Å². The van der Waals surface area contributed by atoms with Crippen molar-refractivity contribution in [3.05, 3.63) is 76.1 Å². The molecule has 8 nitrogen and oxygen atoms in total. The van der Waals surface area contributed by atoms with Gasteiger partial charge in [-0.2, -0.15) is 9.40 Å². The Morgan fingerprint density at radius 3 is 2.70 bits per heavy atom. The number of hydrogen-bond acceptors (Lipinski definition) is 5. The van der Waals surface area contributed by atoms with Crippen LogP contribution < -0.4 is 0 Å². The summed E-state index contributed by atoms with van der Waals surface area (Å²) < 4.78 is 34.0. The SMILES string of the molecule is CS(=O)(=O)N1CCc2c(c(-c3ccc(Cl)c(CCc4ccc5[nH]ccc5c4)c3)nn2CCCN2CCOCC2)C1. The molecule has 1 fully saturated rings. The number of nitrogens with zero attached hydrogens (tertiary/aromatic N) is 4. The average molecular weight is 582 g/mol. The second-order valence-corrected chi connectivity index (χ2v) is 13.2. The van der Waals surface area contributed by atoms with E-state index in [4.69, 9.17) is 21.4 Å². The number of rotatable bonds is 9. The second kappa shape index (κ2) is 11.7. The molecule has 0 aliphatic carbocycles. The van der Waals surface area contributed by atoms with Crippen molar-refractivity contribution < 1.29 is 13.2 Å². The minimum absolute atomic E-state index is 0.349. The molecule has 10 heteroatoms. The molecule has 0 bridgehead atoms. The largest absolute Gasteiger partial charge is 0.379 e. The standard InChI is InChI=1S/C30H36ClN5O3S/c1-40(37,38)35-14-10-29-26(21-35)30(33-36(29)13-2-12-34-15-17-39-18-16-34)25-6-7-27(31)23(20-25)5-3-22-4-8-28-24(19-22)9-11-32-28/h4,6-9,11,19-20,32H,2-3,5,10,12-18,21H2,1H3. The van der Waals surface area contributed by atoms with Crippen molar-refractivity contribution >= 4 is 32.5 Å². The van der Waals surface area contributed by atoms with E-state index in [0.717, 1.165) is 97.3 Å². The number of aryl methyl sites for hydroxylation is 3. The Morgan fingerprint density at radius 2 is 1.88 bits per heavy atom. The van der Waals surface area contributed by atoms with Crippen molar-refractivity contribution in [3.8, 4) is 11.3 Å². The highest BCUT2D eigenvalue weighted by Crippen LogP contribution is 2.33. The predicted molar refractivity (Wildman–Crippen MR) is 159 cm³/mol. The van der Waals surface area contributed by atoms with Crippen LogP contribution in [0, 0.1) is 0 Å². The molecule has 4 heterocycles. The molecule has 0 saturated carbocycles. The topological polar surface area (TPSA) is 83.5 Å². The van der Waals surface area contributed by atoms with Gasteiger partial charge >= 0.3 is 0 Å². The molecule has 0 amide bonds. The van der Waals surface area contributed by atoms with E-state index in [0.29, 0.717) is 19.5 Å². The molecule has 6 rings (SSSR count). The minimum Gasteiger partial charge on any atom is -0.379 e. The first-order chi connectivity index (χ1) is 19.3. The monoisotopic (exact) mass is 581 g/mol. The molecule has 2 aliphatic heterocycles. The molecular formula is C30H36ClN5O3S. The molecule has 0 radical (unpaired) electrons. The highest BCUT2D eigenvalue weighted by Gasteiger charge is 2.30. The van der Waals surface area contributed by atoms with Crippen LogP contribution in [0.2, 0.25) is 5.02 Å². The van der Waals surface area contributed by atoms with Crippen molar-refractivity contribution in [2.24, 2.45) is 0 Å². The van der Waals surface area contributed by atoms with Gasteiger partial charge in [0.05, 0.1) is 25.2 Å². The third-order valence-electron chi connectivity index (χ3n) is 8.14. The zero-order valence-corrected chi connectivity index (χ0v) is 24.5. The molecule has 0 atom stereocenters. The molecule has 0 spiro atoms. The summed E-state index contributed by atoms with van der Waals surface area (Å²) in [6.07, 6.45) is 6.58. The molecule has 2 aromatic carbocycles. The highest BCUT2D eigenvalue weighted by molar-refractivity contribution is 7.88. The Balaban J connectivity index is 1.25. The normalized spacial score (nSPS) is 16.9. The van der Waals surface area contributed by atoms with Crippen molar-refractivity contribution in [2.45, 2.75) is 38.8 Å². The maximum atomic E-state index is 12.4. The van der Waals surface area contributed by atoms with E-state index in [1.165, 1.54) is 17.2 Å². The Labute approximate surface area is 240 Å². The van der Waals surface area contributed by atoms with Gasteiger partial charge in [0, 0.05) is 79.2 Å². The summed E-state index contributed by atoms with van der Waals surface area (Å²) in [6, 6.07) is 14.7. The Bertz CT molecular complexity index is 1610. The summed E-state index contributed by atoms with van der Waals surface area (Å²) in [7, 11) is -3.30. The smallest absolute Gasteiger partial charge is 0.211 e. The third kappa shape index (κ3) is 5.99. The second-order valence-electron chi connectivity index (χ2n) is 10.9. The number of H-pyrrole nitrogens is 1. The fraction of sp³-hybridized carbons (Fsp3) is 0.433. The highest BCUT2D eigenvalue weighted by atomic mass is 35.5. The number of hydrogen-bond donors (Lipinski definition) is 1. The lowest BCUT2D eigenvalue weighted by molar-refractivity contribution is 0.0368. The summed E-state index contributed by atoms with van der Waals surface area (Å²) in [5.74, 6) is 0. The van der Waals surface area contributed by atoms with E-state index in [1.807, 2.05) is 18.3 Å². The maximum Gasteiger partial charge on any atom is 0.211 e.